The molecule has 16 heteroatoms. The van der Waals surface area contributed by atoms with Crippen molar-refractivity contribution in [3.05, 3.63) is 46.0 Å². The zero-order valence-electron chi connectivity index (χ0n) is 20.9. The van der Waals surface area contributed by atoms with Gasteiger partial charge in [-0.2, -0.15) is 36.5 Å². The van der Waals surface area contributed by atoms with Crippen LogP contribution >= 0.6 is 11.3 Å². The number of anilines is 1. The van der Waals surface area contributed by atoms with Crippen molar-refractivity contribution in [2.75, 3.05) is 5.32 Å². The molecule has 0 spiro atoms. The molecule has 0 radical (unpaired) electrons. The molecule has 0 aromatic carbocycles. The van der Waals surface area contributed by atoms with Gasteiger partial charge < -0.3 is 11.1 Å². The van der Waals surface area contributed by atoms with E-state index in [0.29, 0.717) is 42.0 Å². The average Bonchev–Trinajstić information content (AvgIpc) is 3.33. The molecule has 1 aliphatic rings. The number of carbonyl (C=O) groups excluding carboxylic acids is 2. The van der Waals surface area contributed by atoms with Gasteiger partial charge in [0.25, 0.3) is 5.91 Å². The summed E-state index contributed by atoms with van der Waals surface area (Å²) in [5.41, 5.74) is 4.04. The molecule has 9 nitrogen and oxygen atoms in total. The van der Waals surface area contributed by atoms with E-state index in [1.807, 2.05) is 0 Å². The number of amides is 2. The fourth-order valence-corrected chi connectivity index (χ4v) is 5.50. The zero-order valence-corrected chi connectivity index (χ0v) is 21.8. The Balaban J connectivity index is 1.62. The van der Waals surface area contributed by atoms with Crippen molar-refractivity contribution in [3.63, 3.8) is 0 Å². The molecule has 4 aromatic rings. The first kappa shape index (κ1) is 27.6. The third-order valence-corrected chi connectivity index (χ3v) is 7.62. The largest absolute Gasteiger partial charge is 0.435 e. The van der Waals surface area contributed by atoms with Crippen LogP contribution in [0.5, 0.6) is 0 Å². The maximum absolute atomic E-state index is 13.8. The number of rotatable bonds is 7. The van der Waals surface area contributed by atoms with E-state index in [2.05, 4.69) is 20.5 Å². The normalized spacial score (nSPS) is 14.2. The summed E-state index contributed by atoms with van der Waals surface area (Å²) in [6, 6.07) is 1.70. The van der Waals surface area contributed by atoms with Gasteiger partial charge >= 0.3 is 12.4 Å². The number of pyridine rings is 1. The first-order valence-corrected chi connectivity index (χ1v) is 12.8. The molecule has 2 amide bonds. The second-order valence-electron chi connectivity index (χ2n) is 9.30. The first-order chi connectivity index (χ1) is 18.7. The summed E-state index contributed by atoms with van der Waals surface area (Å²) in [5.74, 6) is -2.06. The van der Waals surface area contributed by atoms with Gasteiger partial charge in [-0.15, -0.1) is 11.3 Å². The van der Waals surface area contributed by atoms with Gasteiger partial charge in [0.05, 0.1) is 11.9 Å². The Morgan fingerprint density at radius 2 is 1.75 bits per heavy atom. The number of fused-ring (bicyclic) bond motifs is 1. The zero-order chi connectivity index (χ0) is 29.1. The second kappa shape index (κ2) is 9.60. The van der Waals surface area contributed by atoms with Crippen molar-refractivity contribution in [1.82, 2.24) is 24.5 Å². The highest BCUT2D eigenvalue weighted by molar-refractivity contribution is 7.21. The lowest BCUT2D eigenvalue weighted by Crippen LogP contribution is -2.23. The highest BCUT2D eigenvalue weighted by atomic mass is 32.1. The number of primary amides is 1. The molecule has 1 aliphatic carbocycles. The minimum atomic E-state index is -4.83. The lowest BCUT2D eigenvalue weighted by Gasteiger charge is -2.13. The molecular weight excluding hydrogens is 564 g/mol. The minimum absolute atomic E-state index is 0.00527. The molecule has 0 aliphatic heterocycles. The van der Waals surface area contributed by atoms with Gasteiger partial charge in [-0.05, 0) is 44.4 Å². The molecule has 40 heavy (non-hydrogen) atoms. The molecule has 1 fully saturated rings. The van der Waals surface area contributed by atoms with Crippen molar-refractivity contribution >= 4 is 39.1 Å². The van der Waals surface area contributed by atoms with Crippen LogP contribution in [0.1, 0.15) is 58.1 Å². The number of halogens is 6. The number of nitrogens with two attached hydrogens (primary N) is 1. The number of aryl methyl sites for hydroxylation is 1. The van der Waals surface area contributed by atoms with E-state index in [9.17, 15) is 35.9 Å². The summed E-state index contributed by atoms with van der Waals surface area (Å²) in [4.78, 5) is 28.6. The van der Waals surface area contributed by atoms with Gasteiger partial charge in [0.15, 0.2) is 5.69 Å². The van der Waals surface area contributed by atoms with E-state index in [1.54, 1.807) is 18.5 Å². The number of aromatic nitrogens is 5. The number of hydrogen-bond donors (Lipinski definition) is 2. The Morgan fingerprint density at radius 1 is 1.07 bits per heavy atom. The number of thiophene rings is 1. The van der Waals surface area contributed by atoms with Gasteiger partial charge in [-0.1, -0.05) is 0 Å². The molecule has 4 aromatic heterocycles. The van der Waals surface area contributed by atoms with Crippen LogP contribution in [0.15, 0.2) is 18.3 Å². The lowest BCUT2D eigenvalue weighted by atomic mass is 10.0. The van der Waals surface area contributed by atoms with Crippen LogP contribution in [0, 0.1) is 6.92 Å². The Labute approximate surface area is 226 Å². The monoisotopic (exact) mass is 585 g/mol. The summed E-state index contributed by atoms with van der Waals surface area (Å²) >= 11 is 0.565. The van der Waals surface area contributed by atoms with E-state index in [-0.39, 0.29) is 38.0 Å². The van der Waals surface area contributed by atoms with E-state index >= 15 is 0 Å². The van der Waals surface area contributed by atoms with E-state index in [0.717, 1.165) is 16.8 Å². The maximum Gasteiger partial charge on any atom is 0.435 e. The molecule has 0 unspecified atom stereocenters. The molecule has 0 atom stereocenters. The van der Waals surface area contributed by atoms with Crippen LogP contribution in [0.4, 0.5) is 32.0 Å². The Hall–Kier alpha value is -3.95. The number of nitrogens with zero attached hydrogens (tertiary/aromatic N) is 5. The van der Waals surface area contributed by atoms with Crippen molar-refractivity contribution in [2.45, 2.75) is 58.0 Å². The molecule has 5 rings (SSSR count). The lowest BCUT2D eigenvalue weighted by molar-refractivity contribution is -0.142. The van der Waals surface area contributed by atoms with Crippen LogP contribution in [-0.4, -0.2) is 36.4 Å². The fourth-order valence-electron chi connectivity index (χ4n) is 4.50. The van der Waals surface area contributed by atoms with Crippen LogP contribution in [-0.2, 0) is 30.2 Å². The van der Waals surface area contributed by atoms with Gasteiger partial charge in [0.2, 0.25) is 5.91 Å². The molecule has 3 N–H and O–H groups in total. The number of hydrogen-bond acceptors (Lipinski definition) is 6. The number of carbonyl (C=O) groups is 2. The SMILES string of the molecule is CCn1ncc(-c2cc(C(F)(F)F)nc3sc(C(N)=O)c(NC(=O)Cn4nc(C(F)(F)F)cc4C4CC4)c23)c1C. The third-order valence-electron chi connectivity index (χ3n) is 6.52. The molecule has 4 heterocycles. The van der Waals surface area contributed by atoms with Crippen LogP contribution in [0.3, 0.4) is 0 Å². The number of nitrogens with one attached hydrogen (secondary N) is 1. The predicted molar refractivity (Wildman–Crippen MR) is 133 cm³/mol. The van der Waals surface area contributed by atoms with Gasteiger partial charge in [0, 0.05) is 34.8 Å². The minimum Gasteiger partial charge on any atom is -0.365 e. The van der Waals surface area contributed by atoms with Gasteiger partial charge in [-0.3, -0.25) is 19.0 Å². The smallest absolute Gasteiger partial charge is 0.365 e. The van der Waals surface area contributed by atoms with Gasteiger partial charge in [-0.25, -0.2) is 4.98 Å². The Kier molecular flexibility index (Phi) is 6.63. The van der Waals surface area contributed by atoms with Crippen LogP contribution in [0.2, 0.25) is 0 Å². The van der Waals surface area contributed by atoms with Crippen molar-refractivity contribution in [2.24, 2.45) is 5.73 Å². The summed E-state index contributed by atoms with van der Waals surface area (Å²) in [6.45, 7) is 3.25. The third kappa shape index (κ3) is 5.02. The van der Waals surface area contributed by atoms with Crippen molar-refractivity contribution in [1.29, 1.82) is 0 Å². The number of alkyl halides is 6. The van der Waals surface area contributed by atoms with Crippen molar-refractivity contribution in [3.8, 4) is 11.1 Å². The first-order valence-electron chi connectivity index (χ1n) is 12.0. The van der Waals surface area contributed by atoms with Crippen molar-refractivity contribution < 1.29 is 35.9 Å². The van der Waals surface area contributed by atoms with Gasteiger partial charge in [0.1, 0.15) is 21.9 Å². The van der Waals surface area contributed by atoms with E-state index < -0.39 is 42.1 Å². The molecule has 0 saturated heterocycles. The summed E-state index contributed by atoms with van der Waals surface area (Å²) < 4.78 is 83.7. The Bertz CT molecular complexity index is 1650. The van der Waals surface area contributed by atoms with Crippen LogP contribution < -0.4 is 11.1 Å². The maximum atomic E-state index is 13.8. The van der Waals surface area contributed by atoms with Crippen LogP contribution in [0.25, 0.3) is 21.3 Å². The highest BCUT2D eigenvalue weighted by Crippen LogP contribution is 2.45. The summed E-state index contributed by atoms with van der Waals surface area (Å²) in [5, 5.41) is 10.3. The molecule has 212 valence electrons. The standard InChI is InChI=1S/C24H21F6N7O2S/c1-3-36-10(2)13(8-32-36)12-6-15(23(25,26)27)33-22-18(12)19(20(40-22)21(31)39)34-17(38)9-37-14(11-4-5-11)7-16(35-37)24(28,29)30/h6-8,11H,3-5,9H2,1-2H3,(H2,31,39)(H,34,38). The molecule has 0 bridgehead atoms. The average molecular weight is 586 g/mol. The van der Waals surface area contributed by atoms with E-state index in [1.165, 1.54) is 6.20 Å². The fraction of sp³-hybridized carbons (Fsp3) is 0.375. The quantitative estimate of drug-likeness (QED) is 0.284. The van der Waals surface area contributed by atoms with E-state index in [4.69, 9.17) is 5.73 Å². The Morgan fingerprint density at radius 3 is 2.30 bits per heavy atom. The summed E-state index contributed by atoms with van der Waals surface area (Å²) in [6.07, 6.45) is -6.88. The highest BCUT2D eigenvalue weighted by Gasteiger charge is 2.39. The summed E-state index contributed by atoms with van der Waals surface area (Å²) in [7, 11) is 0. The molecule has 1 saturated carbocycles. The molecular formula is C24H21F6N7O2S. The predicted octanol–water partition coefficient (Wildman–Crippen LogP) is 5.34. The topological polar surface area (TPSA) is 121 Å². The second-order valence-corrected chi connectivity index (χ2v) is 10.3.